The number of piperidine rings is 1. The van der Waals surface area contributed by atoms with Gasteiger partial charge in [0.1, 0.15) is 6.04 Å². The number of amides is 3. The van der Waals surface area contributed by atoms with Crippen molar-refractivity contribution in [2.75, 3.05) is 50.7 Å². The molecule has 3 heterocycles. The third kappa shape index (κ3) is 3.54. The highest BCUT2D eigenvalue weighted by Gasteiger charge is 2.45. The summed E-state index contributed by atoms with van der Waals surface area (Å²) in [6.07, 6.45) is 2.80. The van der Waals surface area contributed by atoms with Crippen LogP contribution in [0.4, 0.5) is 16.2 Å². The number of anilines is 1. The van der Waals surface area contributed by atoms with E-state index < -0.39 is 0 Å². The smallest absolute Gasteiger partial charge is 0.327 e. The third-order valence-electron chi connectivity index (χ3n) is 6.12. The number of nitro benzene ring substituents is 1. The number of benzene rings is 1. The number of quaternary nitrogens is 1. The van der Waals surface area contributed by atoms with Crippen LogP contribution in [0.25, 0.3) is 0 Å². The Morgan fingerprint density at radius 1 is 1.07 bits per heavy atom. The molecule has 3 saturated heterocycles. The number of fused-ring (bicyclic) bond motifs is 1. The van der Waals surface area contributed by atoms with Gasteiger partial charge in [0, 0.05) is 24.4 Å². The molecule has 0 aliphatic carbocycles. The maximum Gasteiger partial charge on any atom is 0.327 e. The summed E-state index contributed by atoms with van der Waals surface area (Å²) >= 11 is 0. The summed E-state index contributed by atoms with van der Waals surface area (Å²) in [6, 6.07) is 6.32. The number of carbonyl (C=O) groups is 2. The van der Waals surface area contributed by atoms with E-state index in [1.807, 2.05) is 0 Å². The van der Waals surface area contributed by atoms with E-state index in [2.05, 4.69) is 4.90 Å². The lowest BCUT2D eigenvalue weighted by Gasteiger charge is -2.34. The second-order valence-electron chi connectivity index (χ2n) is 7.74. The van der Waals surface area contributed by atoms with Gasteiger partial charge in [0.25, 0.3) is 11.6 Å². The number of piperazine rings is 1. The summed E-state index contributed by atoms with van der Waals surface area (Å²) in [4.78, 5) is 42.2. The molecular weight excluding hydrogens is 362 g/mol. The van der Waals surface area contributed by atoms with E-state index in [0.29, 0.717) is 13.1 Å². The third-order valence-corrected chi connectivity index (χ3v) is 6.12. The minimum atomic E-state index is -0.389. The van der Waals surface area contributed by atoms with Gasteiger partial charge < -0.3 is 14.7 Å². The molecule has 1 N–H and O–H groups in total. The summed E-state index contributed by atoms with van der Waals surface area (Å²) < 4.78 is 0. The fraction of sp³-hybridized carbons (Fsp3) is 0.579. The Hall–Kier alpha value is -2.68. The van der Waals surface area contributed by atoms with E-state index in [9.17, 15) is 19.7 Å². The first-order valence-electron chi connectivity index (χ1n) is 9.99. The van der Waals surface area contributed by atoms with Crippen LogP contribution in [0.15, 0.2) is 24.3 Å². The predicted molar refractivity (Wildman–Crippen MR) is 102 cm³/mol. The van der Waals surface area contributed by atoms with Gasteiger partial charge in [-0.25, -0.2) is 4.79 Å². The normalized spacial score (nSPS) is 23.3. The molecule has 0 unspecified atom stereocenters. The molecule has 3 fully saturated rings. The molecule has 3 aliphatic heterocycles. The molecule has 9 heteroatoms. The van der Waals surface area contributed by atoms with Crippen molar-refractivity contribution in [1.82, 2.24) is 9.80 Å². The van der Waals surface area contributed by atoms with Crippen LogP contribution in [0.5, 0.6) is 0 Å². The first kappa shape index (κ1) is 18.7. The van der Waals surface area contributed by atoms with Crippen molar-refractivity contribution >= 4 is 23.3 Å². The SMILES string of the molecule is O=C1[C@@H]2CCCCN2C(=O)N1CC[NH+]1CCN(c2ccc([N+](=O)[O-])cc2)CC1. The Balaban J connectivity index is 1.27. The zero-order valence-electron chi connectivity index (χ0n) is 15.9. The summed E-state index contributed by atoms with van der Waals surface area (Å²) in [5, 5.41) is 10.8. The average molecular weight is 388 g/mol. The van der Waals surface area contributed by atoms with E-state index in [1.165, 1.54) is 21.9 Å². The fourth-order valence-corrected chi connectivity index (χ4v) is 4.44. The maximum absolute atomic E-state index is 12.5. The molecule has 0 spiro atoms. The number of nitro groups is 1. The Morgan fingerprint density at radius 2 is 1.79 bits per heavy atom. The van der Waals surface area contributed by atoms with Crippen molar-refractivity contribution in [1.29, 1.82) is 0 Å². The van der Waals surface area contributed by atoms with E-state index in [0.717, 1.165) is 57.7 Å². The quantitative estimate of drug-likeness (QED) is 0.439. The molecule has 0 radical (unpaired) electrons. The lowest BCUT2D eigenvalue weighted by molar-refractivity contribution is -0.899. The Morgan fingerprint density at radius 3 is 2.43 bits per heavy atom. The number of imide groups is 1. The van der Waals surface area contributed by atoms with Gasteiger partial charge in [-0.05, 0) is 31.4 Å². The predicted octanol–water partition coefficient (Wildman–Crippen LogP) is 0.116. The van der Waals surface area contributed by atoms with Crippen molar-refractivity contribution in [3.8, 4) is 0 Å². The van der Waals surface area contributed by atoms with Crippen molar-refractivity contribution in [3.05, 3.63) is 34.4 Å². The van der Waals surface area contributed by atoms with E-state index >= 15 is 0 Å². The van der Waals surface area contributed by atoms with Crippen LogP contribution in [0.3, 0.4) is 0 Å². The molecule has 0 saturated carbocycles. The van der Waals surface area contributed by atoms with Gasteiger partial charge in [-0.1, -0.05) is 0 Å². The van der Waals surface area contributed by atoms with Gasteiger partial charge in [-0.15, -0.1) is 0 Å². The van der Waals surface area contributed by atoms with Crippen LogP contribution >= 0.6 is 0 Å². The topological polar surface area (TPSA) is 91.4 Å². The van der Waals surface area contributed by atoms with Gasteiger partial charge >= 0.3 is 6.03 Å². The van der Waals surface area contributed by atoms with Crippen molar-refractivity contribution in [2.45, 2.75) is 25.3 Å². The number of urea groups is 1. The molecule has 3 amide bonds. The van der Waals surface area contributed by atoms with E-state index in [-0.39, 0.29) is 28.6 Å². The number of hydrogen-bond acceptors (Lipinski definition) is 5. The highest BCUT2D eigenvalue weighted by molar-refractivity contribution is 6.04. The number of carbonyl (C=O) groups excluding carboxylic acids is 2. The van der Waals surface area contributed by atoms with Crippen LogP contribution in [-0.4, -0.2) is 78.5 Å². The summed E-state index contributed by atoms with van der Waals surface area (Å²) in [5.74, 6) is -0.0198. The first-order chi connectivity index (χ1) is 13.5. The molecule has 4 rings (SSSR count). The minimum absolute atomic E-state index is 0.0198. The van der Waals surface area contributed by atoms with Crippen LogP contribution in [-0.2, 0) is 4.79 Å². The molecule has 0 aromatic heterocycles. The second kappa shape index (κ2) is 7.75. The average Bonchev–Trinajstić information content (AvgIpc) is 2.97. The summed E-state index contributed by atoms with van der Waals surface area (Å²) in [5.41, 5.74) is 1.09. The fourth-order valence-electron chi connectivity index (χ4n) is 4.44. The Labute approximate surface area is 163 Å². The minimum Gasteiger partial charge on any atom is -0.360 e. The van der Waals surface area contributed by atoms with Crippen molar-refractivity contribution < 1.29 is 19.4 Å². The standard InChI is InChI=1S/C19H25N5O4/c25-18-17-3-1-2-8-22(17)19(26)23(18)14-11-20-9-12-21(13-10-20)15-4-6-16(7-5-15)24(27)28/h4-7,17H,1-3,8-14H2/p+1/t17-/m0/s1. The number of non-ortho nitro benzene ring substituents is 1. The zero-order valence-corrected chi connectivity index (χ0v) is 15.9. The van der Waals surface area contributed by atoms with Crippen LogP contribution < -0.4 is 9.80 Å². The van der Waals surface area contributed by atoms with Gasteiger partial charge in [-0.2, -0.15) is 0 Å². The first-order valence-corrected chi connectivity index (χ1v) is 9.99. The molecule has 1 aromatic carbocycles. The van der Waals surface area contributed by atoms with Crippen LogP contribution in [0.1, 0.15) is 19.3 Å². The molecule has 9 nitrogen and oxygen atoms in total. The van der Waals surface area contributed by atoms with Gasteiger partial charge in [0.2, 0.25) is 0 Å². The number of hydrogen-bond donors (Lipinski definition) is 1. The molecule has 3 aliphatic rings. The lowest BCUT2D eigenvalue weighted by atomic mass is 10.0. The molecule has 1 atom stereocenters. The van der Waals surface area contributed by atoms with Crippen molar-refractivity contribution in [3.63, 3.8) is 0 Å². The Kier molecular flexibility index (Phi) is 5.17. The monoisotopic (exact) mass is 388 g/mol. The molecule has 28 heavy (non-hydrogen) atoms. The molecule has 1 aromatic rings. The second-order valence-corrected chi connectivity index (χ2v) is 7.74. The molecule has 0 bridgehead atoms. The van der Waals surface area contributed by atoms with Crippen molar-refractivity contribution in [2.24, 2.45) is 0 Å². The number of rotatable bonds is 5. The maximum atomic E-state index is 12.5. The zero-order chi connectivity index (χ0) is 19.7. The molecule has 150 valence electrons. The van der Waals surface area contributed by atoms with Gasteiger partial charge in [-0.3, -0.25) is 19.8 Å². The lowest BCUT2D eigenvalue weighted by Crippen LogP contribution is -3.15. The highest BCUT2D eigenvalue weighted by atomic mass is 16.6. The summed E-state index contributed by atoms with van der Waals surface area (Å²) in [6.45, 7) is 5.49. The number of nitrogens with one attached hydrogen (secondary N) is 1. The van der Waals surface area contributed by atoms with Gasteiger partial charge in [0.05, 0.1) is 44.2 Å². The van der Waals surface area contributed by atoms with E-state index in [1.54, 1.807) is 17.0 Å². The summed E-state index contributed by atoms with van der Waals surface area (Å²) in [7, 11) is 0. The molecular formula is C19H26N5O4+. The highest BCUT2D eigenvalue weighted by Crippen LogP contribution is 2.26. The van der Waals surface area contributed by atoms with E-state index in [4.69, 9.17) is 0 Å². The largest absolute Gasteiger partial charge is 0.360 e. The van der Waals surface area contributed by atoms with Gasteiger partial charge in [0.15, 0.2) is 0 Å². The van der Waals surface area contributed by atoms with Crippen LogP contribution in [0.2, 0.25) is 0 Å². The number of nitrogens with zero attached hydrogens (tertiary/aromatic N) is 4. The van der Waals surface area contributed by atoms with Crippen LogP contribution in [0, 0.1) is 10.1 Å². The Bertz CT molecular complexity index is 736.